The second kappa shape index (κ2) is 9.09. The maximum atomic E-state index is 12.2. The Kier molecular flexibility index (Phi) is 7.11. The highest BCUT2D eigenvalue weighted by Crippen LogP contribution is 2.25. The molecule has 26 heavy (non-hydrogen) atoms. The summed E-state index contributed by atoms with van der Waals surface area (Å²) in [5.41, 5.74) is 0.866. The zero-order valence-corrected chi connectivity index (χ0v) is 16.3. The quantitative estimate of drug-likeness (QED) is 0.704. The van der Waals surface area contributed by atoms with Crippen LogP contribution in [0.25, 0.3) is 11.3 Å². The maximum Gasteiger partial charge on any atom is 0.326 e. The van der Waals surface area contributed by atoms with E-state index < -0.39 is 17.3 Å². The Balaban J connectivity index is 1.91. The lowest BCUT2D eigenvalue weighted by molar-refractivity contribution is -0.143. The number of oxazole rings is 1. The number of halogens is 1. The van der Waals surface area contributed by atoms with Crippen LogP contribution in [0.5, 0.6) is 0 Å². The van der Waals surface area contributed by atoms with E-state index in [1.54, 1.807) is 39.1 Å². The largest absolute Gasteiger partial charge is 0.480 e. The Labute approximate surface area is 161 Å². The molecular weight excluding hydrogens is 376 g/mol. The lowest BCUT2D eigenvalue weighted by atomic mass is 10.0. The van der Waals surface area contributed by atoms with Crippen LogP contribution in [0.15, 0.2) is 34.9 Å². The van der Waals surface area contributed by atoms with Gasteiger partial charge in [0.05, 0.1) is 17.2 Å². The number of benzene rings is 1. The van der Waals surface area contributed by atoms with Gasteiger partial charge in [-0.3, -0.25) is 4.79 Å². The molecule has 1 aromatic carbocycles. The number of hydrogen-bond donors (Lipinski definition) is 2. The van der Waals surface area contributed by atoms with Crippen molar-refractivity contribution >= 4 is 35.2 Å². The summed E-state index contributed by atoms with van der Waals surface area (Å²) in [6.45, 7) is 5.23. The fourth-order valence-corrected chi connectivity index (χ4v) is 3.05. The van der Waals surface area contributed by atoms with Gasteiger partial charge in [-0.25, -0.2) is 9.78 Å². The Morgan fingerprint density at radius 2 is 1.92 bits per heavy atom. The molecule has 2 rings (SSSR count). The van der Waals surface area contributed by atoms with Crippen LogP contribution in [0.2, 0.25) is 5.02 Å². The molecule has 1 heterocycles. The van der Waals surface area contributed by atoms with Gasteiger partial charge >= 0.3 is 5.97 Å². The zero-order valence-electron chi connectivity index (χ0n) is 14.7. The van der Waals surface area contributed by atoms with E-state index in [1.807, 2.05) is 12.1 Å². The first-order valence-electron chi connectivity index (χ1n) is 8.13. The van der Waals surface area contributed by atoms with Gasteiger partial charge in [-0.05, 0) is 37.1 Å². The van der Waals surface area contributed by atoms with E-state index in [-0.39, 0.29) is 11.8 Å². The van der Waals surface area contributed by atoms with E-state index >= 15 is 0 Å². The van der Waals surface area contributed by atoms with Gasteiger partial charge in [-0.2, -0.15) is 0 Å². The van der Waals surface area contributed by atoms with Crippen LogP contribution in [-0.2, 0) is 15.3 Å². The third kappa shape index (κ3) is 5.51. The molecule has 2 unspecified atom stereocenters. The number of amides is 1. The molecule has 1 aromatic heterocycles. The molecule has 0 fully saturated rings. The number of carboxylic acid groups (broad SMARTS) is 1. The van der Waals surface area contributed by atoms with Crippen molar-refractivity contribution in [2.24, 2.45) is 5.92 Å². The number of hydrogen-bond acceptors (Lipinski definition) is 5. The molecule has 0 aliphatic heterocycles. The second-order valence-electron chi connectivity index (χ2n) is 6.15. The molecule has 0 spiro atoms. The number of carbonyl (C=O) groups is 2. The summed E-state index contributed by atoms with van der Waals surface area (Å²) in [6, 6.07) is 6.33. The topological polar surface area (TPSA) is 92.4 Å². The number of carbonyl (C=O) groups excluding carboxylic acids is 1. The molecule has 0 saturated carbocycles. The van der Waals surface area contributed by atoms with Gasteiger partial charge in [0, 0.05) is 10.6 Å². The summed E-state index contributed by atoms with van der Waals surface area (Å²) < 4.78 is 5.70. The van der Waals surface area contributed by atoms with Crippen molar-refractivity contribution < 1.29 is 19.1 Å². The van der Waals surface area contributed by atoms with Gasteiger partial charge in [-0.1, -0.05) is 25.4 Å². The number of rotatable bonds is 8. The number of aromatic nitrogens is 1. The first kappa shape index (κ1) is 20.3. The molecule has 0 radical (unpaired) electrons. The van der Waals surface area contributed by atoms with Gasteiger partial charge in [-0.15, -0.1) is 11.8 Å². The van der Waals surface area contributed by atoms with Gasteiger partial charge in [0.1, 0.15) is 6.04 Å². The van der Waals surface area contributed by atoms with Crippen molar-refractivity contribution in [3.05, 3.63) is 41.4 Å². The maximum absolute atomic E-state index is 12.2. The molecule has 0 saturated heterocycles. The average molecular weight is 397 g/mol. The van der Waals surface area contributed by atoms with E-state index in [1.165, 1.54) is 11.8 Å². The van der Waals surface area contributed by atoms with Crippen LogP contribution < -0.4 is 5.32 Å². The normalized spacial score (nSPS) is 13.4. The van der Waals surface area contributed by atoms with Crippen molar-refractivity contribution in [1.29, 1.82) is 0 Å². The Morgan fingerprint density at radius 1 is 1.27 bits per heavy atom. The van der Waals surface area contributed by atoms with E-state index in [0.717, 1.165) is 5.56 Å². The molecule has 2 atom stereocenters. The summed E-state index contributed by atoms with van der Waals surface area (Å²) in [4.78, 5) is 27.6. The standard InChI is InChI=1S/C18H21ClN2O4S/c1-10(2)16(18(23)24)21-17(22)11(3)26-9-15-20-8-14(25-15)12-4-6-13(19)7-5-12/h4-8,10-11,16H,9H2,1-3H3,(H,21,22)(H,23,24). The van der Waals surface area contributed by atoms with Crippen molar-refractivity contribution in [2.75, 3.05) is 0 Å². The van der Waals surface area contributed by atoms with E-state index in [0.29, 0.717) is 22.4 Å². The molecule has 0 bridgehead atoms. The minimum atomic E-state index is -1.04. The van der Waals surface area contributed by atoms with Gasteiger partial charge in [0.15, 0.2) is 5.76 Å². The molecule has 0 aliphatic carbocycles. The van der Waals surface area contributed by atoms with Crippen LogP contribution in [-0.4, -0.2) is 33.3 Å². The summed E-state index contributed by atoms with van der Waals surface area (Å²) in [5.74, 6) is -0.0196. The second-order valence-corrected chi connectivity index (χ2v) is 7.91. The Bertz CT molecular complexity index is 761. The van der Waals surface area contributed by atoms with E-state index in [9.17, 15) is 9.59 Å². The Hall–Kier alpha value is -1.99. The van der Waals surface area contributed by atoms with Crippen LogP contribution >= 0.6 is 23.4 Å². The highest BCUT2D eigenvalue weighted by molar-refractivity contribution is 7.99. The predicted octanol–water partition coefficient (Wildman–Crippen LogP) is 3.84. The smallest absolute Gasteiger partial charge is 0.326 e. The summed E-state index contributed by atoms with van der Waals surface area (Å²) in [6.07, 6.45) is 1.63. The molecule has 2 N–H and O–H groups in total. The number of aliphatic carboxylic acids is 1. The highest BCUT2D eigenvalue weighted by Gasteiger charge is 2.26. The average Bonchev–Trinajstić information content (AvgIpc) is 3.06. The fourth-order valence-electron chi connectivity index (χ4n) is 2.18. The lowest BCUT2D eigenvalue weighted by Gasteiger charge is -2.20. The van der Waals surface area contributed by atoms with Crippen molar-refractivity contribution in [1.82, 2.24) is 10.3 Å². The van der Waals surface area contributed by atoms with Gasteiger partial charge in [0.25, 0.3) is 0 Å². The van der Waals surface area contributed by atoms with Gasteiger partial charge < -0.3 is 14.8 Å². The van der Waals surface area contributed by atoms with E-state index in [4.69, 9.17) is 21.1 Å². The van der Waals surface area contributed by atoms with Crippen LogP contribution in [0.1, 0.15) is 26.7 Å². The third-order valence-corrected chi connectivity index (χ3v) is 5.12. The molecule has 6 nitrogen and oxygen atoms in total. The molecule has 1 amide bonds. The van der Waals surface area contributed by atoms with Crippen LogP contribution in [0.4, 0.5) is 0 Å². The molecule has 8 heteroatoms. The van der Waals surface area contributed by atoms with Gasteiger partial charge in [0.2, 0.25) is 11.8 Å². The number of nitrogens with one attached hydrogen (secondary N) is 1. The first-order chi connectivity index (χ1) is 12.3. The zero-order chi connectivity index (χ0) is 19.3. The number of carboxylic acids is 1. The highest BCUT2D eigenvalue weighted by atomic mass is 35.5. The monoisotopic (exact) mass is 396 g/mol. The SMILES string of the molecule is CC(SCc1ncc(-c2ccc(Cl)cc2)o1)C(=O)NC(C(=O)O)C(C)C. The summed E-state index contributed by atoms with van der Waals surface area (Å²) in [5, 5.41) is 11.9. The third-order valence-electron chi connectivity index (χ3n) is 3.74. The van der Waals surface area contributed by atoms with Crippen molar-refractivity contribution in [3.8, 4) is 11.3 Å². The van der Waals surface area contributed by atoms with Crippen LogP contribution in [0.3, 0.4) is 0 Å². The lowest BCUT2D eigenvalue weighted by Crippen LogP contribution is -2.47. The van der Waals surface area contributed by atoms with Crippen molar-refractivity contribution in [3.63, 3.8) is 0 Å². The number of nitrogens with zero attached hydrogens (tertiary/aromatic N) is 1. The molecule has 140 valence electrons. The first-order valence-corrected chi connectivity index (χ1v) is 9.56. The summed E-state index contributed by atoms with van der Waals surface area (Å²) in [7, 11) is 0. The number of thioether (sulfide) groups is 1. The van der Waals surface area contributed by atoms with Crippen LogP contribution in [0, 0.1) is 5.92 Å². The minimum absolute atomic E-state index is 0.192. The van der Waals surface area contributed by atoms with E-state index in [2.05, 4.69) is 10.3 Å². The fraction of sp³-hybridized carbons (Fsp3) is 0.389. The summed E-state index contributed by atoms with van der Waals surface area (Å²) >= 11 is 7.20. The molecular formula is C18H21ClN2O4S. The molecule has 2 aromatic rings. The van der Waals surface area contributed by atoms with Crippen molar-refractivity contribution in [2.45, 2.75) is 37.8 Å². The minimum Gasteiger partial charge on any atom is -0.480 e. The molecule has 0 aliphatic rings. The Morgan fingerprint density at radius 3 is 2.50 bits per heavy atom. The predicted molar refractivity (Wildman–Crippen MR) is 102 cm³/mol.